The van der Waals surface area contributed by atoms with Crippen LogP contribution in [0.3, 0.4) is 0 Å². The maximum absolute atomic E-state index is 14.0. The number of aromatic nitrogens is 2. The van der Waals surface area contributed by atoms with E-state index in [-0.39, 0.29) is 149 Å². The Kier molecular flexibility index (Phi) is 51.0. The van der Waals surface area contributed by atoms with Gasteiger partial charge in [-0.3, -0.25) is 33.6 Å². The SMILES string of the molecule is CC(C)N(C(=O)C(C)(C)CC(C)(C)C)C(C)(C)CCOC(C)(C)CCNC(=O)C(C)(C)CCOC(C)(C)CCNC(=O)CCOCCOCCOCCOCCN(CCOCCOCCOCCOCCC(=O)NCCC(C)(C)OCCC(C)(C)C(=O)NCCC(C)(C)OCCC(C)(C)N(C(=O)C(C)(C)C(C)(C)C)C(C)C)C(=O)c1ccc(-c2nnc(S(C)(=O)=O)o2)cc1. The minimum atomic E-state index is -3.72. The fraction of sp³-hybridized carbons (Fsp3) is 0.845. The molecule has 0 bridgehead atoms. The second kappa shape index (κ2) is 55.2. The molecular weight excluding hydrogens is 1680 g/mol. The molecule has 0 unspecified atom stereocenters. The Hall–Kier alpha value is -5.88. The van der Waals surface area contributed by atoms with Crippen LogP contribution in [0.25, 0.3) is 11.5 Å². The van der Waals surface area contributed by atoms with E-state index < -0.39 is 70.2 Å². The van der Waals surface area contributed by atoms with Crippen LogP contribution in [0.15, 0.2) is 33.9 Å². The highest BCUT2D eigenvalue weighted by Gasteiger charge is 2.47. The maximum atomic E-state index is 14.0. The quantitative estimate of drug-likeness (QED) is 0.0447. The van der Waals surface area contributed by atoms with Gasteiger partial charge in [-0.15, -0.1) is 5.10 Å². The summed E-state index contributed by atoms with van der Waals surface area (Å²) in [4.78, 5) is 99.5. The topological polar surface area (TPSA) is 361 Å². The first-order valence-corrected chi connectivity index (χ1v) is 48.7. The van der Waals surface area contributed by atoms with Crippen molar-refractivity contribution in [1.82, 2.24) is 46.2 Å². The molecule has 4 N–H and O–H groups in total. The van der Waals surface area contributed by atoms with Crippen molar-refractivity contribution in [3.8, 4) is 11.5 Å². The highest BCUT2D eigenvalue weighted by atomic mass is 32.2. The van der Waals surface area contributed by atoms with E-state index in [1.165, 1.54) is 0 Å². The average Bonchev–Trinajstić information content (AvgIpc) is 1.09. The van der Waals surface area contributed by atoms with Gasteiger partial charge in [0.2, 0.25) is 51.2 Å². The number of ether oxygens (including phenoxy) is 12. The molecule has 32 heteroatoms. The lowest BCUT2D eigenvalue weighted by molar-refractivity contribution is -0.156. The third-order valence-electron chi connectivity index (χ3n) is 23.5. The Labute approximate surface area is 777 Å². The summed E-state index contributed by atoms with van der Waals surface area (Å²) >= 11 is 0. The Morgan fingerprint density at radius 1 is 0.380 bits per heavy atom. The van der Waals surface area contributed by atoms with Crippen molar-refractivity contribution in [2.75, 3.05) is 178 Å². The minimum Gasteiger partial charge on any atom is -0.408 e. The summed E-state index contributed by atoms with van der Waals surface area (Å²) in [6.45, 7) is 69.7. The molecule has 0 atom stereocenters. The smallest absolute Gasteiger partial charge is 0.335 e. The average molecular weight is 1850 g/mol. The highest BCUT2D eigenvalue weighted by Crippen LogP contribution is 2.43. The van der Waals surface area contributed by atoms with Crippen molar-refractivity contribution < 1.29 is 103 Å². The number of nitrogens with one attached hydrogen (secondary N) is 4. The minimum absolute atomic E-state index is 0.00861. The number of carbonyl (C=O) groups is 7. The van der Waals surface area contributed by atoms with Crippen molar-refractivity contribution in [2.24, 2.45) is 32.5 Å². The van der Waals surface area contributed by atoms with Crippen LogP contribution in [0.1, 0.15) is 289 Å². The van der Waals surface area contributed by atoms with E-state index in [0.29, 0.717) is 168 Å². The van der Waals surface area contributed by atoms with Crippen LogP contribution in [-0.2, 0) is 95.4 Å². The molecule has 2 rings (SSSR count). The van der Waals surface area contributed by atoms with Crippen LogP contribution in [-0.4, -0.2) is 298 Å². The molecule has 0 fully saturated rings. The molecular formula is C97H177N9O22S. The van der Waals surface area contributed by atoms with Crippen molar-refractivity contribution >= 4 is 51.2 Å². The highest BCUT2D eigenvalue weighted by molar-refractivity contribution is 7.90. The van der Waals surface area contributed by atoms with E-state index in [1.807, 2.05) is 121 Å². The summed E-state index contributed by atoms with van der Waals surface area (Å²) < 4.78 is 100. The van der Waals surface area contributed by atoms with Gasteiger partial charge in [0.15, 0.2) is 0 Å². The number of hydrogen-bond donors (Lipinski definition) is 4. The zero-order valence-electron chi connectivity index (χ0n) is 85.8. The van der Waals surface area contributed by atoms with Gasteiger partial charge in [-0.2, -0.15) is 0 Å². The van der Waals surface area contributed by atoms with Gasteiger partial charge < -0.3 is 97.2 Å². The summed E-state index contributed by atoms with van der Waals surface area (Å²) in [6, 6.07) is 6.42. The summed E-state index contributed by atoms with van der Waals surface area (Å²) in [5, 5.41) is 19.1. The van der Waals surface area contributed by atoms with Gasteiger partial charge in [-0.1, -0.05) is 102 Å². The molecule has 0 aliphatic heterocycles. The zero-order chi connectivity index (χ0) is 98.2. The monoisotopic (exact) mass is 1850 g/mol. The van der Waals surface area contributed by atoms with Crippen molar-refractivity contribution in [3.05, 3.63) is 29.8 Å². The lowest BCUT2D eigenvalue weighted by atomic mass is 9.67. The van der Waals surface area contributed by atoms with E-state index in [4.69, 9.17) is 61.3 Å². The molecule has 7 amide bonds. The van der Waals surface area contributed by atoms with Gasteiger partial charge in [-0.05, 0) is 204 Å². The van der Waals surface area contributed by atoms with Crippen LogP contribution < -0.4 is 21.3 Å². The van der Waals surface area contributed by atoms with Gasteiger partial charge in [0.25, 0.3) is 5.91 Å². The second-order valence-electron chi connectivity index (χ2n) is 43.0. The molecule has 0 saturated heterocycles. The molecule has 0 aliphatic rings. The Morgan fingerprint density at radius 2 is 0.690 bits per heavy atom. The molecule has 129 heavy (non-hydrogen) atoms. The summed E-state index contributed by atoms with van der Waals surface area (Å²) in [5.74, 6) is -0.403. The lowest BCUT2D eigenvalue weighted by Crippen LogP contribution is -2.58. The zero-order valence-corrected chi connectivity index (χ0v) is 86.6. The second-order valence-corrected chi connectivity index (χ2v) is 44.9. The molecule has 1 aromatic heterocycles. The van der Waals surface area contributed by atoms with E-state index in [1.54, 1.807) is 29.2 Å². The number of benzene rings is 1. The van der Waals surface area contributed by atoms with Crippen molar-refractivity contribution in [2.45, 2.75) is 329 Å². The van der Waals surface area contributed by atoms with E-state index >= 15 is 0 Å². The predicted molar refractivity (Wildman–Crippen MR) is 504 cm³/mol. The van der Waals surface area contributed by atoms with Gasteiger partial charge in [0.05, 0.1) is 128 Å². The third-order valence-corrected chi connectivity index (χ3v) is 24.3. The van der Waals surface area contributed by atoms with Crippen molar-refractivity contribution in [1.29, 1.82) is 0 Å². The molecule has 31 nitrogen and oxygen atoms in total. The van der Waals surface area contributed by atoms with Gasteiger partial charge in [-0.25, -0.2) is 8.42 Å². The molecule has 0 spiro atoms. The van der Waals surface area contributed by atoms with Crippen LogP contribution in [0.5, 0.6) is 0 Å². The molecule has 1 aromatic carbocycles. The summed E-state index contributed by atoms with van der Waals surface area (Å²) in [5.41, 5.74) is -4.72. The van der Waals surface area contributed by atoms with E-state index in [2.05, 4.69) is 128 Å². The van der Waals surface area contributed by atoms with Crippen LogP contribution >= 0.6 is 0 Å². The fourth-order valence-corrected chi connectivity index (χ4v) is 14.8. The standard InChI is InChI=1S/C97H177N9O22S/c1-73(2)105(83(112)90(15,16)72-86(5,6)7)91(17,18)44-56-126-95(25,26)40-48-100-81(110)88(11,12)42-54-124-93(21,22)38-46-98-77(107)36-52-116-60-64-120-68-70-122-66-62-118-58-50-104(80(109)76-34-32-75(33-35-76)79-102-103-85(128-79)129(31,114)115)51-59-119-63-67-123-71-69-121-65-61-117-53-37-78(108)99-47-39-94(23,24)125-55-43-89(13,14)82(111)101-49-41-96(27,28)127-57-45-92(19,20)106(74(3)4)84(113)97(29,30)87(8,9)10/h32-35,73-74H,36-72H2,1-31H3,(H,98,107)(H,99,108)(H,100,110)(H,101,111). The van der Waals surface area contributed by atoms with Crippen LogP contribution in [0.2, 0.25) is 0 Å². The number of nitrogens with zero attached hydrogens (tertiary/aromatic N) is 5. The molecule has 0 radical (unpaired) electrons. The predicted octanol–water partition coefficient (Wildman–Crippen LogP) is 13.9. The first kappa shape index (κ1) is 119. The largest absolute Gasteiger partial charge is 0.408 e. The van der Waals surface area contributed by atoms with Gasteiger partial charge in [0.1, 0.15) is 0 Å². The normalized spacial score (nSPS) is 13.3. The molecule has 1 heterocycles. The van der Waals surface area contributed by atoms with Crippen LogP contribution in [0.4, 0.5) is 0 Å². The third kappa shape index (κ3) is 47.7. The van der Waals surface area contributed by atoms with Crippen LogP contribution in [0, 0.1) is 32.5 Å². The van der Waals surface area contributed by atoms with Gasteiger partial charge in [0, 0.05) is 141 Å². The number of amides is 7. The molecule has 0 saturated carbocycles. The molecule has 0 aliphatic carbocycles. The maximum Gasteiger partial charge on any atom is 0.335 e. The van der Waals surface area contributed by atoms with Gasteiger partial charge >= 0.3 is 5.22 Å². The summed E-state index contributed by atoms with van der Waals surface area (Å²) in [6.07, 6.45) is 6.86. The van der Waals surface area contributed by atoms with Crippen molar-refractivity contribution in [3.63, 3.8) is 0 Å². The van der Waals surface area contributed by atoms with E-state index in [0.717, 1.165) is 12.7 Å². The first-order valence-electron chi connectivity index (χ1n) is 46.8. The number of hydrogen-bond acceptors (Lipinski definition) is 24. The first-order chi connectivity index (χ1) is 59.4. The number of sulfone groups is 1. The fourth-order valence-electron chi connectivity index (χ4n) is 14.4. The molecule has 748 valence electrons. The Morgan fingerprint density at radius 3 is 1.00 bits per heavy atom. The Balaban J connectivity index is 1.63. The lowest BCUT2D eigenvalue weighted by Gasteiger charge is -2.49. The van der Waals surface area contributed by atoms with E-state index in [9.17, 15) is 42.0 Å². The number of carbonyl (C=O) groups excluding carboxylic acids is 7. The molecule has 2 aromatic rings. The summed E-state index contributed by atoms with van der Waals surface area (Å²) in [7, 11) is -3.72. The number of rotatable bonds is 70. The Bertz CT molecular complexity index is 3720.